The first-order valence-electron chi connectivity index (χ1n) is 7.04. The van der Waals surface area contributed by atoms with E-state index in [1.54, 1.807) is 18.2 Å². The lowest BCUT2D eigenvalue weighted by atomic mass is 10.2. The Morgan fingerprint density at radius 3 is 2.95 bits per heavy atom. The second-order valence-corrected chi connectivity index (χ2v) is 7.89. The molecule has 0 bridgehead atoms. The van der Waals surface area contributed by atoms with E-state index in [0.717, 1.165) is 18.4 Å². The molecule has 1 unspecified atom stereocenters. The van der Waals surface area contributed by atoms with Crippen molar-refractivity contribution in [3.8, 4) is 11.5 Å². The van der Waals surface area contributed by atoms with E-state index in [1.165, 1.54) is 6.26 Å². The molecule has 1 aliphatic heterocycles. The van der Waals surface area contributed by atoms with E-state index >= 15 is 0 Å². The molecule has 1 aromatic heterocycles. The number of ether oxygens (including phenoxy) is 1. The lowest BCUT2D eigenvalue weighted by Gasteiger charge is -2.08. The van der Waals surface area contributed by atoms with Gasteiger partial charge in [0.1, 0.15) is 6.26 Å². The van der Waals surface area contributed by atoms with Crippen molar-refractivity contribution in [2.24, 2.45) is 0 Å². The zero-order valence-electron chi connectivity index (χ0n) is 11.9. The number of oxazole rings is 1. The molecule has 1 saturated heterocycles. The third-order valence-electron chi connectivity index (χ3n) is 3.45. The fourth-order valence-corrected chi connectivity index (χ4v) is 4.19. The zero-order valence-corrected chi connectivity index (χ0v) is 13.4. The van der Waals surface area contributed by atoms with Crippen LogP contribution in [0.25, 0.3) is 11.5 Å². The monoisotopic (exact) mass is 341 g/mol. The highest BCUT2D eigenvalue weighted by Gasteiger charge is 2.24. The van der Waals surface area contributed by atoms with Crippen LogP contribution in [-0.2, 0) is 20.3 Å². The predicted molar refractivity (Wildman–Crippen MR) is 83.4 cm³/mol. The molecular weight excluding hydrogens is 326 g/mol. The Morgan fingerprint density at radius 1 is 1.36 bits per heavy atom. The maximum atomic E-state index is 12.2. The number of nitrogens with zero attached hydrogens (tertiary/aromatic N) is 1. The van der Waals surface area contributed by atoms with E-state index in [4.69, 9.17) is 20.8 Å². The van der Waals surface area contributed by atoms with E-state index in [-0.39, 0.29) is 17.6 Å². The van der Waals surface area contributed by atoms with Gasteiger partial charge >= 0.3 is 0 Å². The van der Waals surface area contributed by atoms with Crippen molar-refractivity contribution in [3.05, 3.63) is 41.2 Å². The van der Waals surface area contributed by atoms with Crippen LogP contribution in [-0.4, -0.2) is 31.9 Å². The summed E-state index contributed by atoms with van der Waals surface area (Å²) < 4.78 is 35.1. The van der Waals surface area contributed by atoms with Crippen LogP contribution in [0, 0.1) is 0 Å². The topological polar surface area (TPSA) is 69.4 Å². The molecule has 118 valence electrons. The van der Waals surface area contributed by atoms with Gasteiger partial charge in [0.2, 0.25) is 5.89 Å². The average molecular weight is 342 g/mol. The SMILES string of the molecule is O=S(=O)(Cc1coc(-c2cccc(Cl)c2)n1)CC1CCCO1. The fourth-order valence-electron chi connectivity index (χ4n) is 2.47. The molecule has 1 aromatic carbocycles. The normalized spacial score (nSPS) is 18.7. The minimum atomic E-state index is -3.27. The molecule has 0 aliphatic carbocycles. The highest BCUT2D eigenvalue weighted by molar-refractivity contribution is 7.90. The van der Waals surface area contributed by atoms with Crippen molar-refractivity contribution in [1.82, 2.24) is 4.98 Å². The number of rotatable bonds is 5. The van der Waals surface area contributed by atoms with Gasteiger partial charge in [0, 0.05) is 17.2 Å². The van der Waals surface area contributed by atoms with Gasteiger partial charge in [-0.15, -0.1) is 0 Å². The summed E-state index contributed by atoms with van der Waals surface area (Å²) in [6.07, 6.45) is 2.90. The molecule has 5 nitrogen and oxygen atoms in total. The molecule has 7 heteroatoms. The quantitative estimate of drug-likeness (QED) is 0.835. The van der Waals surface area contributed by atoms with Gasteiger partial charge in [0.25, 0.3) is 0 Å². The van der Waals surface area contributed by atoms with E-state index in [0.29, 0.717) is 23.2 Å². The first-order valence-corrected chi connectivity index (χ1v) is 9.24. The largest absolute Gasteiger partial charge is 0.444 e. The zero-order chi connectivity index (χ0) is 15.6. The number of aromatic nitrogens is 1. The van der Waals surface area contributed by atoms with E-state index in [9.17, 15) is 8.42 Å². The molecule has 3 rings (SSSR count). The Balaban J connectivity index is 1.71. The van der Waals surface area contributed by atoms with E-state index in [2.05, 4.69) is 4.98 Å². The van der Waals surface area contributed by atoms with E-state index in [1.807, 2.05) is 6.07 Å². The third kappa shape index (κ3) is 3.88. The van der Waals surface area contributed by atoms with Crippen LogP contribution in [0.2, 0.25) is 5.02 Å². The van der Waals surface area contributed by atoms with Crippen molar-refractivity contribution in [1.29, 1.82) is 0 Å². The average Bonchev–Trinajstić information content (AvgIpc) is 3.09. The smallest absolute Gasteiger partial charge is 0.226 e. The Hall–Kier alpha value is -1.37. The molecule has 22 heavy (non-hydrogen) atoms. The number of sulfone groups is 1. The van der Waals surface area contributed by atoms with Gasteiger partial charge in [-0.3, -0.25) is 0 Å². The summed E-state index contributed by atoms with van der Waals surface area (Å²) in [5.41, 5.74) is 1.11. The van der Waals surface area contributed by atoms with Gasteiger partial charge < -0.3 is 9.15 Å². The summed E-state index contributed by atoms with van der Waals surface area (Å²) in [5, 5.41) is 0.572. The lowest BCUT2D eigenvalue weighted by molar-refractivity contribution is 0.127. The third-order valence-corrected chi connectivity index (χ3v) is 5.31. The molecule has 0 saturated carbocycles. The predicted octanol–water partition coefficient (Wildman–Crippen LogP) is 3.09. The maximum Gasteiger partial charge on any atom is 0.226 e. The maximum absolute atomic E-state index is 12.2. The van der Waals surface area contributed by atoms with Gasteiger partial charge in [-0.2, -0.15) is 0 Å². The first-order chi connectivity index (χ1) is 10.5. The first kappa shape index (κ1) is 15.5. The van der Waals surface area contributed by atoms with Crippen LogP contribution < -0.4 is 0 Å². The molecule has 0 spiro atoms. The van der Waals surface area contributed by atoms with Gasteiger partial charge in [-0.1, -0.05) is 17.7 Å². The van der Waals surface area contributed by atoms with Crippen molar-refractivity contribution in [3.63, 3.8) is 0 Å². The summed E-state index contributed by atoms with van der Waals surface area (Å²) in [6.45, 7) is 0.642. The Morgan fingerprint density at radius 2 is 2.23 bits per heavy atom. The van der Waals surface area contributed by atoms with Crippen LogP contribution in [0.15, 0.2) is 34.9 Å². The number of hydrogen-bond acceptors (Lipinski definition) is 5. The van der Waals surface area contributed by atoms with Crippen LogP contribution >= 0.6 is 11.6 Å². The minimum absolute atomic E-state index is 0.0341. The summed E-state index contributed by atoms with van der Waals surface area (Å²) in [5.74, 6) is 0.258. The van der Waals surface area contributed by atoms with Crippen LogP contribution in [0.1, 0.15) is 18.5 Å². The number of benzene rings is 1. The van der Waals surface area contributed by atoms with Gasteiger partial charge in [0.05, 0.1) is 23.3 Å². The molecular formula is C15H16ClNO4S. The Labute approximate surface area is 134 Å². The lowest BCUT2D eigenvalue weighted by Crippen LogP contribution is -2.21. The van der Waals surface area contributed by atoms with Gasteiger partial charge in [-0.05, 0) is 31.0 Å². The molecule has 1 fully saturated rings. The van der Waals surface area contributed by atoms with Crippen molar-refractivity contribution in [2.45, 2.75) is 24.7 Å². The second-order valence-electron chi connectivity index (χ2n) is 5.34. The van der Waals surface area contributed by atoms with Gasteiger partial charge in [-0.25, -0.2) is 13.4 Å². The van der Waals surface area contributed by atoms with Crippen molar-refractivity contribution in [2.75, 3.05) is 12.4 Å². The molecule has 0 amide bonds. The summed E-state index contributed by atoms with van der Waals surface area (Å²) in [6, 6.07) is 7.07. The summed E-state index contributed by atoms with van der Waals surface area (Å²) >= 11 is 5.92. The summed E-state index contributed by atoms with van der Waals surface area (Å²) in [7, 11) is -3.27. The van der Waals surface area contributed by atoms with Crippen LogP contribution in [0.5, 0.6) is 0 Å². The Kier molecular flexibility index (Phi) is 4.52. The van der Waals surface area contributed by atoms with Crippen molar-refractivity contribution < 1.29 is 17.6 Å². The van der Waals surface area contributed by atoms with Crippen LogP contribution in [0.3, 0.4) is 0 Å². The summed E-state index contributed by atoms with van der Waals surface area (Å²) in [4.78, 5) is 4.24. The molecule has 2 heterocycles. The fraction of sp³-hybridized carbons (Fsp3) is 0.400. The number of halogens is 1. The minimum Gasteiger partial charge on any atom is -0.444 e. The molecule has 0 N–H and O–H groups in total. The molecule has 1 atom stereocenters. The standard InChI is InChI=1S/C15H16ClNO4S/c16-12-4-1-3-11(7-12)15-17-13(8-21-15)9-22(18,19)10-14-5-2-6-20-14/h1,3-4,7-8,14H,2,5-6,9-10H2. The van der Waals surface area contributed by atoms with Crippen molar-refractivity contribution >= 4 is 21.4 Å². The molecule has 2 aromatic rings. The highest BCUT2D eigenvalue weighted by atomic mass is 35.5. The Bertz CT molecular complexity index is 750. The molecule has 1 aliphatic rings. The van der Waals surface area contributed by atoms with E-state index < -0.39 is 9.84 Å². The number of hydrogen-bond donors (Lipinski definition) is 0. The van der Waals surface area contributed by atoms with Crippen LogP contribution in [0.4, 0.5) is 0 Å². The molecule has 0 radical (unpaired) electrons. The highest BCUT2D eigenvalue weighted by Crippen LogP contribution is 2.23. The second kappa shape index (κ2) is 6.40. The van der Waals surface area contributed by atoms with Gasteiger partial charge in [0.15, 0.2) is 9.84 Å².